The van der Waals surface area contributed by atoms with E-state index in [0.29, 0.717) is 17.8 Å². The van der Waals surface area contributed by atoms with Crippen LogP contribution in [-0.4, -0.2) is 45.3 Å². The Morgan fingerprint density at radius 2 is 1.75 bits per heavy atom. The van der Waals surface area contributed by atoms with E-state index in [1.165, 1.54) is 11.3 Å². The van der Waals surface area contributed by atoms with Crippen LogP contribution < -0.4 is 10.6 Å². The van der Waals surface area contributed by atoms with Crippen LogP contribution in [0.15, 0.2) is 41.9 Å². The first kappa shape index (κ1) is 19.7. The summed E-state index contributed by atoms with van der Waals surface area (Å²) in [4.78, 5) is 36.2. The van der Waals surface area contributed by atoms with Gasteiger partial charge in [-0.2, -0.15) is 0 Å². The average molecular weight is 399 g/mol. The van der Waals surface area contributed by atoms with Crippen LogP contribution in [-0.2, 0) is 16.0 Å². The Morgan fingerprint density at radius 3 is 2.57 bits per heavy atom. The second-order valence-corrected chi connectivity index (χ2v) is 7.09. The van der Waals surface area contributed by atoms with Gasteiger partial charge in [-0.05, 0) is 23.6 Å². The van der Waals surface area contributed by atoms with Crippen molar-refractivity contribution >= 4 is 34.6 Å². The first-order chi connectivity index (χ1) is 13.6. The van der Waals surface area contributed by atoms with Crippen LogP contribution in [0.3, 0.4) is 0 Å². The number of ketones is 1. The van der Waals surface area contributed by atoms with Gasteiger partial charge in [0.2, 0.25) is 11.8 Å². The maximum Gasteiger partial charge on any atom is 0.221 e. The van der Waals surface area contributed by atoms with Gasteiger partial charge in [0.1, 0.15) is 5.82 Å². The molecular formula is C19H21N5O3S. The quantitative estimate of drug-likeness (QED) is 0.504. The lowest BCUT2D eigenvalue weighted by molar-refractivity contribution is -0.122. The number of amides is 2. The van der Waals surface area contributed by atoms with Gasteiger partial charge in [0.05, 0.1) is 4.88 Å². The van der Waals surface area contributed by atoms with E-state index in [9.17, 15) is 14.4 Å². The minimum atomic E-state index is -0.229. The van der Waals surface area contributed by atoms with Crippen LogP contribution in [0.1, 0.15) is 34.8 Å². The molecule has 146 valence electrons. The fraction of sp³-hybridized carbons (Fsp3) is 0.316. The highest BCUT2D eigenvalue weighted by Gasteiger charge is 2.10. The monoisotopic (exact) mass is 399 g/mol. The molecule has 0 radical (unpaired) electrons. The molecule has 0 fully saturated rings. The molecule has 2 amide bonds. The van der Waals surface area contributed by atoms with Gasteiger partial charge in [0.15, 0.2) is 11.4 Å². The second kappa shape index (κ2) is 9.75. The number of carbonyl (C=O) groups is 3. The number of carbonyl (C=O) groups excluding carboxylic acids is 3. The molecule has 0 bridgehead atoms. The van der Waals surface area contributed by atoms with Crippen molar-refractivity contribution in [2.24, 2.45) is 0 Å². The number of hydrogen-bond donors (Lipinski definition) is 2. The maximum atomic E-state index is 11.9. The number of Topliss-reactive ketones (excluding diaryl/α,β-unsaturated/α-hetero) is 1. The molecule has 0 aromatic carbocycles. The Labute approximate surface area is 166 Å². The molecule has 8 nitrogen and oxygen atoms in total. The van der Waals surface area contributed by atoms with Gasteiger partial charge in [-0.3, -0.25) is 18.8 Å². The predicted molar refractivity (Wildman–Crippen MR) is 105 cm³/mol. The lowest BCUT2D eigenvalue weighted by atomic mass is 10.2. The van der Waals surface area contributed by atoms with Crippen molar-refractivity contribution in [1.82, 2.24) is 25.2 Å². The number of hydrogen-bond acceptors (Lipinski definition) is 6. The van der Waals surface area contributed by atoms with Gasteiger partial charge in [0, 0.05) is 45.0 Å². The van der Waals surface area contributed by atoms with Gasteiger partial charge in [-0.25, -0.2) is 0 Å². The van der Waals surface area contributed by atoms with Gasteiger partial charge in [-0.1, -0.05) is 12.1 Å². The molecule has 28 heavy (non-hydrogen) atoms. The third kappa shape index (κ3) is 5.46. The van der Waals surface area contributed by atoms with Crippen LogP contribution in [0.25, 0.3) is 5.65 Å². The van der Waals surface area contributed by atoms with E-state index in [4.69, 9.17) is 0 Å². The lowest BCUT2D eigenvalue weighted by Gasteiger charge is -2.06. The Balaban J connectivity index is 1.29. The zero-order valence-corrected chi connectivity index (χ0v) is 16.1. The molecule has 0 saturated carbocycles. The number of aromatic nitrogens is 3. The fourth-order valence-corrected chi connectivity index (χ4v) is 3.35. The Bertz CT molecular complexity index is 952. The van der Waals surface area contributed by atoms with E-state index in [-0.39, 0.29) is 43.4 Å². The van der Waals surface area contributed by atoms with E-state index >= 15 is 0 Å². The summed E-state index contributed by atoms with van der Waals surface area (Å²) in [5, 5.41) is 15.5. The van der Waals surface area contributed by atoms with Crippen molar-refractivity contribution in [3.63, 3.8) is 0 Å². The van der Waals surface area contributed by atoms with Gasteiger partial charge >= 0.3 is 0 Å². The van der Waals surface area contributed by atoms with Crippen molar-refractivity contribution in [3.8, 4) is 0 Å². The predicted octanol–water partition coefficient (Wildman–Crippen LogP) is 1.62. The highest BCUT2D eigenvalue weighted by Crippen LogP contribution is 2.12. The summed E-state index contributed by atoms with van der Waals surface area (Å²) in [6, 6.07) is 9.21. The third-order valence-corrected chi connectivity index (χ3v) is 5.02. The van der Waals surface area contributed by atoms with Crippen molar-refractivity contribution in [3.05, 3.63) is 52.6 Å². The molecule has 0 aliphatic rings. The summed E-state index contributed by atoms with van der Waals surface area (Å²) in [7, 11) is 0. The lowest BCUT2D eigenvalue weighted by Crippen LogP contribution is -2.32. The molecule has 3 aromatic heterocycles. The van der Waals surface area contributed by atoms with Crippen molar-refractivity contribution in [2.75, 3.05) is 13.1 Å². The topological polar surface area (TPSA) is 105 Å². The molecule has 0 unspecified atom stereocenters. The minimum Gasteiger partial charge on any atom is -0.356 e. The first-order valence-corrected chi connectivity index (χ1v) is 9.90. The number of rotatable bonds is 10. The molecule has 0 spiro atoms. The molecule has 3 heterocycles. The molecule has 0 aliphatic carbocycles. The third-order valence-electron chi connectivity index (χ3n) is 4.10. The minimum absolute atomic E-state index is 0.0381. The van der Waals surface area contributed by atoms with Crippen LogP contribution in [0.4, 0.5) is 0 Å². The van der Waals surface area contributed by atoms with Crippen LogP contribution in [0, 0.1) is 0 Å². The average Bonchev–Trinajstić information content (AvgIpc) is 3.37. The first-order valence-electron chi connectivity index (χ1n) is 9.02. The Hall–Kier alpha value is -3.07. The zero-order valence-electron chi connectivity index (χ0n) is 15.3. The fourth-order valence-electron chi connectivity index (χ4n) is 2.65. The Kier molecular flexibility index (Phi) is 6.85. The smallest absolute Gasteiger partial charge is 0.221 e. The summed E-state index contributed by atoms with van der Waals surface area (Å²) >= 11 is 1.37. The molecule has 3 aromatic rings. The van der Waals surface area contributed by atoms with Gasteiger partial charge < -0.3 is 10.6 Å². The molecule has 0 aliphatic heterocycles. The molecule has 2 N–H and O–H groups in total. The highest BCUT2D eigenvalue weighted by atomic mass is 32.1. The summed E-state index contributed by atoms with van der Waals surface area (Å²) in [6.45, 7) is 0.684. The number of fused-ring (bicyclic) bond motifs is 1. The van der Waals surface area contributed by atoms with E-state index in [0.717, 1.165) is 11.5 Å². The summed E-state index contributed by atoms with van der Waals surface area (Å²) in [5.41, 5.74) is 0.768. The molecule has 9 heteroatoms. The molecular weight excluding hydrogens is 378 g/mol. The maximum absolute atomic E-state index is 11.9. The summed E-state index contributed by atoms with van der Waals surface area (Å²) < 4.78 is 1.88. The van der Waals surface area contributed by atoms with Crippen LogP contribution in [0.5, 0.6) is 0 Å². The van der Waals surface area contributed by atoms with Crippen molar-refractivity contribution in [2.45, 2.75) is 25.7 Å². The summed E-state index contributed by atoms with van der Waals surface area (Å²) in [6.07, 6.45) is 2.92. The highest BCUT2D eigenvalue weighted by molar-refractivity contribution is 7.12. The number of nitrogens with zero attached hydrogens (tertiary/aromatic N) is 3. The van der Waals surface area contributed by atoms with E-state index in [2.05, 4.69) is 20.8 Å². The SMILES string of the molecule is O=C(CCNC(=O)CCC(=O)c1cccs1)NCCc1nnc2ccccn12. The number of thiophene rings is 1. The number of pyridine rings is 1. The van der Waals surface area contributed by atoms with E-state index in [1.807, 2.05) is 40.2 Å². The van der Waals surface area contributed by atoms with E-state index < -0.39 is 0 Å². The number of nitrogens with one attached hydrogen (secondary N) is 2. The van der Waals surface area contributed by atoms with E-state index in [1.54, 1.807) is 6.07 Å². The Morgan fingerprint density at radius 1 is 0.929 bits per heavy atom. The van der Waals surface area contributed by atoms with Gasteiger partial charge in [-0.15, -0.1) is 21.5 Å². The van der Waals surface area contributed by atoms with Crippen LogP contribution in [0.2, 0.25) is 0 Å². The van der Waals surface area contributed by atoms with Crippen molar-refractivity contribution in [1.29, 1.82) is 0 Å². The van der Waals surface area contributed by atoms with Crippen molar-refractivity contribution < 1.29 is 14.4 Å². The largest absolute Gasteiger partial charge is 0.356 e. The molecule has 0 atom stereocenters. The standard InChI is InChI=1S/C19H21N5O3S/c25-14(15-4-3-13-28-15)6-7-18(26)21-11-9-19(27)20-10-8-17-23-22-16-5-1-2-12-24(16)17/h1-5,12-13H,6-11H2,(H,20,27)(H,21,26). The second-order valence-electron chi connectivity index (χ2n) is 6.15. The molecule has 3 rings (SSSR count). The summed E-state index contributed by atoms with van der Waals surface area (Å²) in [5.74, 6) is 0.361. The molecule has 0 saturated heterocycles. The van der Waals surface area contributed by atoms with Gasteiger partial charge in [0.25, 0.3) is 0 Å². The zero-order chi connectivity index (χ0) is 19.8. The van der Waals surface area contributed by atoms with Crippen LogP contribution >= 0.6 is 11.3 Å². The normalized spacial score (nSPS) is 10.7.